The SMILES string of the molecule is CCCNC(C)c1nnc(C(C)CCC)s1. The second-order valence-corrected chi connectivity index (χ2v) is 5.38. The Balaban J connectivity index is 2.56. The Morgan fingerprint density at radius 2 is 1.81 bits per heavy atom. The quantitative estimate of drug-likeness (QED) is 0.794. The summed E-state index contributed by atoms with van der Waals surface area (Å²) in [5.41, 5.74) is 0. The highest BCUT2D eigenvalue weighted by atomic mass is 32.1. The second kappa shape index (κ2) is 6.97. The van der Waals surface area contributed by atoms with Crippen LogP contribution in [0.15, 0.2) is 0 Å². The molecule has 0 aliphatic carbocycles. The van der Waals surface area contributed by atoms with Crippen LogP contribution in [0.1, 0.15) is 68.9 Å². The number of nitrogens with zero attached hydrogens (tertiary/aromatic N) is 2. The Bertz CT molecular complexity index is 298. The lowest BCUT2D eigenvalue weighted by atomic mass is 10.1. The molecule has 1 aromatic rings. The first kappa shape index (κ1) is 13.6. The van der Waals surface area contributed by atoms with Gasteiger partial charge in [0, 0.05) is 5.92 Å². The van der Waals surface area contributed by atoms with E-state index >= 15 is 0 Å². The molecule has 92 valence electrons. The first-order valence-electron chi connectivity index (χ1n) is 6.25. The number of aromatic nitrogens is 2. The molecule has 0 aliphatic rings. The van der Waals surface area contributed by atoms with Crippen LogP contribution < -0.4 is 5.32 Å². The van der Waals surface area contributed by atoms with Gasteiger partial charge in [-0.15, -0.1) is 10.2 Å². The molecule has 1 N–H and O–H groups in total. The Morgan fingerprint density at radius 1 is 1.12 bits per heavy atom. The van der Waals surface area contributed by atoms with Crippen LogP contribution in [0.4, 0.5) is 0 Å². The van der Waals surface area contributed by atoms with Crippen molar-refractivity contribution in [1.29, 1.82) is 0 Å². The van der Waals surface area contributed by atoms with E-state index in [1.54, 1.807) is 11.3 Å². The van der Waals surface area contributed by atoms with Gasteiger partial charge in [-0.1, -0.05) is 38.5 Å². The van der Waals surface area contributed by atoms with Gasteiger partial charge in [0.1, 0.15) is 10.0 Å². The third-order valence-corrected chi connectivity index (χ3v) is 4.01. The molecule has 4 heteroatoms. The van der Waals surface area contributed by atoms with Crippen LogP contribution in [0.3, 0.4) is 0 Å². The van der Waals surface area contributed by atoms with Crippen molar-refractivity contribution in [3.63, 3.8) is 0 Å². The summed E-state index contributed by atoms with van der Waals surface area (Å²) in [5, 5.41) is 14.3. The molecule has 0 aliphatic heterocycles. The van der Waals surface area contributed by atoms with E-state index in [-0.39, 0.29) is 0 Å². The maximum Gasteiger partial charge on any atom is 0.134 e. The zero-order valence-electron chi connectivity index (χ0n) is 10.8. The predicted octanol–water partition coefficient (Wildman–Crippen LogP) is 3.50. The molecule has 1 rings (SSSR count). The lowest BCUT2D eigenvalue weighted by molar-refractivity contribution is 0.563. The van der Waals surface area contributed by atoms with E-state index in [2.05, 4.69) is 43.2 Å². The van der Waals surface area contributed by atoms with Gasteiger partial charge >= 0.3 is 0 Å². The summed E-state index contributed by atoms with van der Waals surface area (Å²) in [4.78, 5) is 0. The number of hydrogen-bond acceptors (Lipinski definition) is 4. The molecule has 0 saturated heterocycles. The molecule has 0 saturated carbocycles. The molecule has 0 radical (unpaired) electrons. The van der Waals surface area contributed by atoms with Gasteiger partial charge in [0.15, 0.2) is 0 Å². The number of hydrogen-bond donors (Lipinski definition) is 1. The molecule has 1 heterocycles. The maximum absolute atomic E-state index is 4.29. The smallest absolute Gasteiger partial charge is 0.134 e. The molecule has 3 nitrogen and oxygen atoms in total. The molecule has 16 heavy (non-hydrogen) atoms. The van der Waals surface area contributed by atoms with Crippen LogP contribution in [-0.4, -0.2) is 16.7 Å². The van der Waals surface area contributed by atoms with Crippen LogP contribution in [0, 0.1) is 0 Å². The van der Waals surface area contributed by atoms with E-state index in [9.17, 15) is 0 Å². The minimum atomic E-state index is 0.333. The fraction of sp³-hybridized carbons (Fsp3) is 0.833. The van der Waals surface area contributed by atoms with Gasteiger partial charge in [0.05, 0.1) is 6.04 Å². The van der Waals surface area contributed by atoms with Crippen LogP contribution in [0.5, 0.6) is 0 Å². The van der Waals surface area contributed by atoms with Gasteiger partial charge < -0.3 is 5.32 Å². The summed E-state index contributed by atoms with van der Waals surface area (Å²) in [6.45, 7) is 9.82. The summed E-state index contributed by atoms with van der Waals surface area (Å²) in [6.07, 6.45) is 3.56. The van der Waals surface area contributed by atoms with Crippen molar-refractivity contribution in [2.45, 2.75) is 58.9 Å². The zero-order valence-corrected chi connectivity index (χ0v) is 11.6. The summed E-state index contributed by atoms with van der Waals surface area (Å²) in [6, 6.07) is 0.333. The molecule has 2 atom stereocenters. The van der Waals surface area contributed by atoms with Crippen molar-refractivity contribution in [1.82, 2.24) is 15.5 Å². The van der Waals surface area contributed by atoms with Gasteiger partial charge in [0.2, 0.25) is 0 Å². The van der Waals surface area contributed by atoms with Crippen molar-refractivity contribution in [3.8, 4) is 0 Å². The molecular formula is C12H23N3S. The number of rotatable bonds is 7. The fourth-order valence-electron chi connectivity index (χ4n) is 1.63. The molecule has 0 aromatic carbocycles. The van der Waals surface area contributed by atoms with Gasteiger partial charge in [0.25, 0.3) is 0 Å². The van der Waals surface area contributed by atoms with Gasteiger partial charge in [-0.05, 0) is 26.3 Å². The third-order valence-electron chi connectivity index (χ3n) is 2.67. The monoisotopic (exact) mass is 241 g/mol. The Labute approximate surface area is 103 Å². The van der Waals surface area contributed by atoms with Crippen molar-refractivity contribution in [3.05, 3.63) is 10.0 Å². The van der Waals surface area contributed by atoms with Gasteiger partial charge in [-0.2, -0.15) is 0 Å². The van der Waals surface area contributed by atoms with Crippen LogP contribution in [0.2, 0.25) is 0 Å². The standard InChI is InChI=1S/C12H23N3S/c1-5-7-9(3)11-14-15-12(16-11)10(4)13-8-6-2/h9-10,13H,5-8H2,1-4H3. The highest BCUT2D eigenvalue weighted by molar-refractivity contribution is 7.11. The Hall–Kier alpha value is -0.480. The van der Waals surface area contributed by atoms with Crippen LogP contribution >= 0.6 is 11.3 Å². The van der Waals surface area contributed by atoms with Crippen molar-refractivity contribution in [2.24, 2.45) is 0 Å². The summed E-state index contributed by atoms with van der Waals surface area (Å²) in [7, 11) is 0. The summed E-state index contributed by atoms with van der Waals surface area (Å²) >= 11 is 1.75. The second-order valence-electron chi connectivity index (χ2n) is 4.34. The normalized spacial score (nSPS) is 15.0. The summed E-state index contributed by atoms with van der Waals surface area (Å²) in [5.74, 6) is 0.551. The first-order valence-corrected chi connectivity index (χ1v) is 7.07. The average Bonchev–Trinajstić information content (AvgIpc) is 2.75. The minimum absolute atomic E-state index is 0.333. The van der Waals surface area contributed by atoms with E-state index in [0.717, 1.165) is 18.0 Å². The molecule has 2 unspecified atom stereocenters. The highest BCUT2D eigenvalue weighted by Crippen LogP contribution is 2.26. The van der Waals surface area contributed by atoms with E-state index in [4.69, 9.17) is 0 Å². The van der Waals surface area contributed by atoms with E-state index < -0.39 is 0 Å². The Morgan fingerprint density at radius 3 is 2.44 bits per heavy atom. The van der Waals surface area contributed by atoms with Crippen molar-refractivity contribution < 1.29 is 0 Å². The summed E-state index contributed by atoms with van der Waals surface area (Å²) < 4.78 is 0. The first-order chi connectivity index (χ1) is 7.69. The van der Waals surface area contributed by atoms with Crippen molar-refractivity contribution in [2.75, 3.05) is 6.54 Å². The third kappa shape index (κ3) is 3.83. The van der Waals surface area contributed by atoms with Crippen LogP contribution in [-0.2, 0) is 0 Å². The Kier molecular flexibility index (Phi) is 5.91. The lowest BCUT2D eigenvalue weighted by Gasteiger charge is -2.08. The molecule has 0 bridgehead atoms. The predicted molar refractivity (Wildman–Crippen MR) is 69.9 cm³/mol. The molecule has 1 aromatic heterocycles. The van der Waals surface area contributed by atoms with Gasteiger partial charge in [-0.25, -0.2) is 0 Å². The van der Waals surface area contributed by atoms with Crippen molar-refractivity contribution >= 4 is 11.3 Å². The minimum Gasteiger partial charge on any atom is -0.308 e. The highest BCUT2D eigenvalue weighted by Gasteiger charge is 2.14. The largest absolute Gasteiger partial charge is 0.308 e. The van der Waals surface area contributed by atoms with E-state index in [1.165, 1.54) is 17.8 Å². The van der Waals surface area contributed by atoms with E-state index in [0.29, 0.717) is 12.0 Å². The number of nitrogens with one attached hydrogen (secondary N) is 1. The maximum atomic E-state index is 4.29. The molecular weight excluding hydrogens is 218 g/mol. The zero-order chi connectivity index (χ0) is 12.0. The molecule has 0 fully saturated rings. The van der Waals surface area contributed by atoms with Crippen LogP contribution in [0.25, 0.3) is 0 Å². The van der Waals surface area contributed by atoms with E-state index in [1.807, 2.05) is 0 Å². The molecule has 0 spiro atoms. The lowest BCUT2D eigenvalue weighted by Crippen LogP contribution is -2.19. The molecule has 0 amide bonds. The van der Waals surface area contributed by atoms with Gasteiger partial charge in [-0.3, -0.25) is 0 Å². The fourth-order valence-corrected chi connectivity index (χ4v) is 2.58. The average molecular weight is 241 g/mol. The topological polar surface area (TPSA) is 37.8 Å².